The largest absolute Gasteiger partial charge is 0.493 e. The van der Waals surface area contributed by atoms with Crippen molar-refractivity contribution in [3.63, 3.8) is 0 Å². The molecule has 34 heavy (non-hydrogen) atoms. The number of amides is 2. The summed E-state index contributed by atoms with van der Waals surface area (Å²) >= 11 is 0. The van der Waals surface area contributed by atoms with Crippen LogP contribution in [-0.4, -0.2) is 93.7 Å². The predicted octanol–water partition coefficient (Wildman–Crippen LogP) is 2.07. The molecule has 0 aliphatic carbocycles. The van der Waals surface area contributed by atoms with Gasteiger partial charge in [-0.25, -0.2) is 0 Å². The average molecular weight is 523 g/mol. The van der Waals surface area contributed by atoms with Gasteiger partial charge in [0, 0.05) is 58.2 Å². The molecule has 2 amide bonds. The number of halogens is 3. The molecule has 2 saturated heterocycles. The van der Waals surface area contributed by atoms with E-state index >= 15 is 0 Å². The molecule has 3 aliphatic heterocycles. The fourth-order valence-corrected chi connectivity index (χ4v) is 4.93. The van der Waals surface area contributed by atoms with Crippen molar-refractivity contribution >= 4 is 37.1 Å². The molecular formula is C23H37Cl2FN4O4. The summed E-state index contributed by atoms with van der Waals surface area (Å²) in [6, 6.07) is 4.20. The van der Waals surface area contributed by atoms with Gasteiger partial charge in [0.05, 0.1) is 26.9 Å². The fourth-order valence-electron chi connectivity index (χ4n) is 4.93. The molecule has 2 N–H and O–H groups in total. The highest BCUT2D eigenvalue weighted by molar-refractivity contribution is 5.85. The van der Waals surface area contributed by atoms with Gasteiger partial charge in [0.25, 0.3) is 0 Å². The quantitative estimate of drug-likeness (QED) is 0.595. The maximum atomic E-state index is 13.0. The standard InChI is InChI=1S/C20H28FN3O3.C3H7NO.2ClH/c1-26-18-6-13-3-4-23-11-17(24-10-12(9-21)5-20(24)25)15(22)8-16(23)14(13)7-19(18)27-2;1-4(2)3-5;;/h6-7,12,15-17H,3-5,8-11,22H2,1-2H3;3H,1-2H3;2*1H/t12-,15+,16+,17+;;;/m1.../s1. The monoisotopic (exact) mass is 522 g/mol. The lowest BCUT2D eigenvalue weighted by molar-refractivity contribution is -0.131. The van der Waals surface area contributed by atoms with Crippen LogP contribution >= 0.6 is 24.8 Å². The van der Waals surface area contributed by atoms with E-state index in [0.29, 0.717) is 13.0 Å². The molecule has 3 heterocycles. The number of benzene rings is 1. The molecule has 4 rings (SSSR count). The Hall–Kier alpha value is -1.81. The van der Waals surface area contributed by atoms with Crippen LogP contribution in [0.4, 0.5) is 4.39 Å². The lowest BCUT2D eigenvalue weighted by Crippen LogP contribution is -2.60. The van der Waals surface area contributed by atoms with Crippen molar-refractivity contribution in [2.45, 2.75) is 37.4 Å². The number of nitrogens with zero attached hydrogens (tertiary/aromatic N) is 3. The molecule has 0 spiro atoms. The number of ether oxygens (including phenoxy) is 2. The fraction of sp³-hybridized carbons (Fsp3) is 0.652. The van der Waals surface area contributed by atoms with Crippen molar-refractivity contribution in [3.05, 3.63) is 23.3 Å². The molecule has 4 atom stereocenters. The Bertz CT molecular complexity index is 832. The normalized spacial score (nSPS) is 25.5. The minimum Gasteiger partial charge on any atom is -0.493 e. The summed E-state index contributed by atoms with van der Waals surface area (Å²) in [4.78, 5) is 27.5. The van der Waals surface area contributed by atoms with Crippen LogP contribution in [0, 0.1) is 5.92 Å². The maximum Gasteiger partial charge on any atom is 0.223 e. The molecule has 0 bridgehead atoms. The molecule has 0 radical (unpaired) electrons. The van der Waals surface area contributed by atoms with Gasteiger partial charge in [-0.3, -0.25) is 18.9 Å². The van der Waals surface area contributed by atoms with Crippen molar-refractivity contribution in [1.29, 1.82) is 0 Å². The first kappa shape index (κ1) is 30.2. The molecule has 0 unspecified atom stereocenters. The van der Waals surface area contributed by atoms with Gasteiger partial charge in [0.2, 0.25) is 12.3 Å². The zero-order chi connectivity index (χ0) is 23.4. The minimum atomic E-state index is -0.439. The Morgan fingerprint density at radius 1 is 1.18 bits per heavy atom. The van der Waals surface area contributed by atoms with Crippen LogP contribution < -0.4 is 15.2 Å². The SMILES string of the molecule is CN(C)C=O.COc1cc2c(cc1OC)[C@@H]1C[C@H](N)[C@@H](N3C[C@@H](CF)CC3=O)CN1CC2.Cl.Cl. The van der Waals surface area contributed by atoms with E-state index in [1.54, 1.807) is 28.3 Å². The number of carbonyl (C=O) groups excluding carboxylic acids is 2. The van der Waals surface area contributed by atoms with Gasteiger partial charge in [0.15, 0.2) is 11.5 Å². The molecule has 3 aliphatic rings. The Balaban J connectivity index is 0.000000752. The molecule has 1 aromatic carbocycles. The van der Waals surface area contributed by atoms with E-state index in [0.717, 1.165) is 43.8 Å². The van der Waals surface area contributed by atoms with E-state index in [1.165, 1.54) is 16.0 Å². The van der Waals surface area contributed by atoms with Gasteiger partial charge in [-0.05, 0) is 36.1 Å². The van der Waals surface area contributed by atoms with Crippen LogP contribution in [-0.2, 0) is 16.0 Å². The number of piperidine rings is 1. The van der Waals surface area contributed by atoms with E-state index < -0.39 is 6.67 Å². The van der Waals surface area contributed by atoms with Gasteiger partial charge in [-0.15, -0.1) is 24.8 Å². The van der Waals surface area contributed by atoms with E-state index in [1.807, 2.05) is 4.90 Å². The number of hydrogen-bond donors (Lipinski definition) is 1. The number of methoxy groups -OCH3 is 2. The first-order chi connectivity index (χ1) is 15.3. The second-order valence-electron chi connectivity index (χ2n) is 8.97. The zero-order valence-corrected chi connectivity index (χ0v) is 21.9. The number of fused-ring (bicyclic) bond motifs is 3. The number of hydrogen-bond acceptors (Lipinski definition) is 6. The second kappa shape index (κ2) is 13.3. The van der Waals surface area contributed by atoms with Gasteiger partial charge in [-0.1, -0.05) is 0 Å². The van der Waals surface area contributed by atoms with Crippen LogP contribution in [0.2, 0.25) is 0 Å². The number of alkyl halides is 1. The first-order valence-electron chi connectivity index (χ1n) is 11.0. The topological polar surface area (TPSA) is 88.3 Å². The van der Waals surface area contributed by atoms with Crippen molar-refractivity contribution in [2.75, 3.05) is 54.6 Å². The smallest absolute Gasteiger partial charge is 0.223 e. The molecule has 0 saturated carbocycles. The second-order valence-corrected chi connectivity index (χ2v) is 8.97. The lowest BCUT2D eigenvalue weighted by atomic mass is 9.83. The maximum absolute atomic E-state index is 13.0. The Morgan fingerprint density at radius 2 is 1.79 bits per heavy atom. The third-order valence-corrected chi connectivity index (χ3v) is 6.59. The first-order valence-corrected chi connectivity index (χ1v) is 11.0. The van der Waals surface area contributed by atoms with E-state index in [9.17, 15) is 14.0 Å². The van der Waals surface area contributed by atoms with Gasteiger partial charge >= 0.3 is 0 Å². The molecule has 11 heteroatoms. The molecule has 1 aromatic rings. The molecule has 194 valence electrons. The summed E-state index contributed by atoms with van der Waals surface area (Å²) in [5.41, 5.74) is 9.04. The van der Waals surface area contributed by atoms with Crippen LogP contribution in [0.3, 0.4) is 0 Å². The third kappa shape index (κ3) is 6.44. The summed E-state index contributed by atoms with van der Waals surface area (Å²) in [6.07, 6.45) is 2.76. The number of nitrogens with two attached hydrogens (primary N) is 1. The molecule has 0 aromatic heterocycles. The predicted molar refractivity (Wildman–Crippen MR) is 134 cm³/mol. The van der Waals surface area contributed by atoms with Gasteiger partial charge < -0.3 is 25.0 Å². The van der Waals surface area contributed by atoms with Crippen LogP contribution in [0.5, 0.6) is 11.5 Å². The number of carbonyl (C=O) groups is 2. The Morgan fingerprint density at radius 3 is 2.32 bits per heavy atom. The summed E-state index contributed by atoms with van der Waals surface area (Å²) in [7, 11) is 6.67. The van der Waals surface area contributed by atoms with E-state index in [-0.39, 0.29) is 54.8 Å². The van der Waals surface area contributed by atoms with Gasteiger partial charge in [-0.2, -0.15) is 0 Å². The van der Waals surface area contributed by atoms with Crippen molar-refractivity contribution in [2.24, 2.45) is 11.7 Å². The highest BCUT2D eigenvalue weighted by Crippen LogP contribution is 2.42. The minimum absolute atomic E-state index is 0. The lowest BCUT2D eigenvalue weighted by Gasteiger charge is -2.48. The van der Waals surface area contributed by atoms with Crippen molar-refractivity contribution in [1.82, 2.24) is 14.7 Å². The summed E-state index contributed by atoms with van der Waals surface area (Å²) in [5.74, 6) is 1.35. The highest BCUT2D eigenvalue weighted by Gasteiger charge is 2.44. The average Bonchev–Trinajstić information content (AvgIpc) is 3.18. The van der Waals surface area contributed by atoms with Gasteiger partial charge in [0.1, 0.15) is 0 Å². The highest BCUT2D eigenvalue weighted by atomic mass is 35.5. The van der Waals surface area contributed by atoms with E-state index in [4.69, 9.17) is 15.2 Å². The third-order valence-electron chi connectivity index (χ3n) is 6.59. The van der Waals surface area contributed by atoms with E-state index in [2.05, 4.69) is 17.0 Å². The Labute approximate surface area is 213 Å². The summed E-state index contributed by atoms with van der Waals surface area (Å²) in [5, 5.41) is 0. The molecule has 8 nitrogen and oxygen atoms in total. The van der Waals surface area contributed by atoms with Crippen molar-refractivity contribution in [3.8, 4) is 11.5 Å². The zero-order valence-electron chi connectivity index (χ0n) is 20.2. The molecular weight excluding hydrogens is 486 g/mol. The summed E-state index contributed by atoms with van der Waals surface area (Å²) in [6.45, 7) is 1.72. The Kier molecular flexibility index (Phi) is 11.8. The summed E-state index contributed by atoms with van der Waals surface area (Å²) < 4.78 is 24.0. The number of rotatable bonds is 5. The number of likely N-dealkylation sites (tertiary alicyclic amines) is 1. The van der Waals surface area contributed by atoms with Crippen LogP contribution in [0.15, 0.2) is 12.1 Å². The molecule has 2 fully saturated rings. The van der Waals surface area contributed by atoms with Crippen LogP contribution in [0.25, 0.3) is 0 Å². The van der Waals surface area contributed by atoms with Crippen LogP contribution in [0.1, 0.15) is 30.0 Å². The van der Waals surface area contributed by atoms with Crippen molar-refractivity contribution < 1.29 is 23.5 Å².